The lowest BCUT2D eigenvalue weighted by molar-refractivity contribution is 0.127. The number of ether oxygens (including phenoxy) is 1. The third-order valence-corrected chi connectivity index (χ3v) is 5.11. The SMILES string of the molecule is COC[C@@H](NC(=O)N1CCCC[C@H]1c1nccs1)c1ccc(C)o1. The summed E-state index contributed by atoms with van der Waals surface area (Å²) in [7, 11) is 1.62. The molecule has 6 nitrogen and oxygen atoms in total. The van der Waals surface area contributed by atoms with Gasteiger partial charge in [0.25, 0.3) is 0 Å². The van der Waals surface area contributed by atoms with Crippen LogP contribution in [0.1, 0.15) is 47.9 Å². The summed E-state index contributed by atoms with van der Waals surface area (Å²) in [4.78, 5) is 19.2. The number of urea groups is 1. The van der Waals surface area contributed by atoms with Gasteiger partial charge in [-0.2, -0.15) is 0 Å². The van der Waals surface area contributed by atoms with Crippen LogP contribution in [0.2, 0.25) is 0 Å². The number of methoxy groups -OCH3 is 1. The fourth-order valence-electron chi connectivity index (χ4n) is 3.06. The number of nitrogens with zero attached hydrogens (tertiary/aromatic N) is 2. The van der Waals surface area contributed by atoms with Crippen molar-refractivity contribution in [3.05, 3.63) is 40.2 Å². The van der Waals surface area contributed by atoms with E-state index in [1.54, 1.807) is 24.6 Å². The second-order valence-electron chi connectivity index (χ2n) is 5.98. The molecule has 2 amide bonds. The second-order valence-corrected chi connectivity index (χ2v) is 6.91. The zero-order chi connectivity index (χ0) is 16.9. The molecule has 1 fully saturated rings. The van der Waals surface area contributed by atoms with Gasteiger partial charge < -0.3 is 19.4 Å². The molecule has 0 bridgehead atoms. The predicted octanol–water partition coefficient (Wildman–Crippen LogP) is 3.67. The van der Waals surface area contributed by atoms with Crippen LogP contribution in [0.25, 0.3) is 0 Å². The Morgan fingerprint density at radius 1 is 1.54 bits per heavy atom. The van der Waals surface area contributed by atoms with Gasteiger partial charge in [0, 0.05) is 25.2 Å². The Morgan fingerprint density at radius 3 is 3.08 bits per heavy atom. The normalized spacial score (nSPS) is 19.2. The Hall–Kier alpha value is -1.86. The summed E-state index contributed by atoms with van der Waals surface area (Å²) >= 11 is 1.60. The number of hydrogen-bond donors (Lipinski definition) is 1. The van der Waals surface area contributed by atoms with E-state index in [1.807, 2.05) is 29.3 Å². The summed E-state index contributed by atoms with van der Waals surface area (Å²) in [5.41, 5.74) is 0. The number of aryl methyl sites for hydroxylation is 1. The van der Waals surface area contributed by atoms with Crippen molar-refractivity contribution in [3.8, 4) is 0 Å². The molecule has 0 unspecified atom stereocenters. The molecule has 2 atom stereocenters. The van der Waals surface area contributed by atoms with Gasteiger partial charge in [0.15, 0.2) is 0 Å². The number of rotatable bonds is 5. The van der Waals surface area contributed by atoms with Crippen molar-refractivity contribution in [1.29, 1.82) is 0 Å². The zero-order valence-electron chi connectivity index (χ0n) is 14.0. The predicted molar refractivity (Wildman–Crippen MR) is 92.0 cm³/mol. The van der Waals surface area contributed by atoms with E-state index in [4.69, 9.17) is 9.15 Å². The minimum atomic E-state index is -0.296. The first-order valence-electron chi connectivity index (χ1n) is 8.21. The van der Waals surface area contributed by atoms with Gasteiger partial charge in [-0.25, -0.2) is 9.78 Å². The van der Waals surface area contributed by atoms with Gasteiger partial charge in [-0.3, -0.25) is 0 Å². The third kappa shape index (κ3) is 3.79. The Morgan fingerprint density at radius 2 is 2.42 bits per heavy atom. The molecule has 1 saturated heterocycles. The summed E-state index contributed by atoms with van der Waals surface area (Å²) in [5.74, 6) is 1.53. The van der Waals surface area contributed by atoms with Crippen LogP contribution < -0.4 is 5.32 Å². The van der Waals surface area contributed by atoms with Crippen LogP contribution in [0, 0.1) is 6.92 Å². The van der Waals surface area contributed by atoms with Gasteiger partial charge in [0.2, 0.25) is 0 Å². The fraction of sp³-hybridized carbons (Fsp3) is 0.529. The molecule has 0 aromatic carbocycles. The smallest absolute Gasteiger partial charge is 0.318 e. The highest BCUT2D eigenvalue weighted by atomic mass is 32.1. The molecule has 1 N–H and O–H groups in total. The molecule has 2 aromatic heterocycles. The maximum Gasteiger partial charge on any atom is 0.318 e. The van der Waals surface area contributed by atoms with Crippen molar-refractivity contribution >= 4 is 17.4 Å². The molecule has 3 heterocycles. The number of carbonyl (C=O) groups excluding carboxylic acids is 1. The van der Waals surface area contributed by atoms with Crippen molar-refractivity contribution < 1.29 is 13.9 Å². The van der Waals surface area contributed by atoms with Crippen molar-refractivity contribution in [2.75, 3.05) is 20.3 Å². The van der Waals surface area contributed by atoms with E-state index >= 15 is 0 Å². The van der Waals surface area contributed by atoms with E-state index in [1.165, 1.54) is 0 Å². The molecule has 24 heavy (non-hydrogen) atoms. The fourth-order valence-corrected chi connectivity index (χ4v) is 3.85. The standard InChI is InChI=1S/C17H23N3O3S/c1-12-6-7-15(23-12)13(11-22-2)19-17(21)20-9-4-3-5-14(20)16-18-8-10-24-16/h6-8,10,13-14H,3-5,9,11H2,1-2H3,(H,19,21)/t13-,14+/m1/s1. The average molecular weight is 349 g/mol. The van der Waals surface area contributed by atoms with E-state index < -0.39 is 0 Å². The van der Waals surface area contributed by atoms with Crippen LogP contribution in [0.4, 0.5) is 4.79 Å². The van der Waals surface area contributed by atoms with Gasteiger partial charge >= 0.3 is 6.03 Å². The number of thiazole rings is 1. The van der Waals surface area contributed by atoms with Gasteiger partial charge in [0.05, 0.1) is 12.6 Å². The van der Waals surface area contributed by atoms with E-state index in [2.05, 4.69) is 10.3 Å². The number of furan rings is 1. The lowest BCUT2D eigenvalue weighted by Crippen LogP contribution is -2.46. The van der Waals surface area contributed by atoms with Crippen molar-refractivity contribution in [2.24, 2.45) is 0 Å². The highest BCUT2D eigenvalue weighted by Gasteiger charge is 2.31. The number of hydrogen-bond acceptors (Lipinski definition) is 5. The highest BCUT2D eigenvalue weighted by molar-refractivity contribution is 7.09. The number of likely N-dealkylation sites (tertiary alicyclic amines) is 1. The summed E-state index contributed by atoms with van der Waals surface area (Å²) in [5, 5.41) is 6.01. The molecule has 3 rings (SSSR count). The van der Waals surface area contributed by atoms with Crippen LogP contribution in [0.15, 0.2) is 28.1 Å². The molecule has 1 aliphatic heterocycles. The maximum atomic E-state index is 12.9. The van der Waals surface area contributed by atoms with Crippen LogP contribution in [0.5, 0.6) is 0 Å². The first-order chi connectivity index (χ1) is 11.7. The third-order valence-electron chi connectivity index (χ3n) is 4.24. The molecular weight excluding hydrogens is 326 g/mol. The molecule has 130 valence electrons. The van der Waals surface area contributed by atoms with E-state index in [0.717, 1.165) is 36.6 Å². The lowest BCUT2D eigenvalue weighted by Gasteiger charge is -2.35. The van der Waals surface area contributed by atoms with Gasteiger partial charge in [-0.05, 0) is 38.3 Å². The molecule has 0 aliphatic carbocycles. The van der Waals surface area contributed by atoms with Crippen LogP contribution in [-0.2, 0) is 4.74 Å². The van der Waals surface area contributed by atoms with Crippen LogP contribution in [-0.4, -0.2) is 36.2 Å². The van der Waals surface area contributed by atoms with E-state index in [-0.39, 0.29) is 18.1 Å². The highest BCUT2D eigenvalue weighted by Crippen LogP contribution is 2.32. The topological polar surface area (TPSA) is 67.6 Å². The van der Waals surface area contributed by atoms with E-state index in [0.29, 0.717) is 12.4 Å². The van der Waals surface area contributed by atoms with Crippen molar-refractivity contribution in [3.63, 3.8) is 0 Å². The Kier molecular flexibility index (Phi) is 5.52. The maximum absolute atomic E-state index is 12.9. The van der Waals surface area contributed by atoms with Crippen molar-refractivity contribution in [2.45, 2.75) is 38.3 Å². The van der Waals surface area contributed by atoms with Gasteiger partial charge in [-0.15, -0.1) is 11.3 Å². The molecule has 2 aromatic rings. The summed E-state index contributed by atoms with van der Waals surface area (Å²) in [6.07, 6.45) is 4.89. The number of nitrogens with one attached hydrogen (secondary N) is 1. The molecule has 0 radical (unpaired) electrons. The number of carbonyl (C=O) groups is 1. The quantitative estimate of drug-likeness (QED) is 0.894. The van der Waals surface area contributed by atoms with E-state index in [9.17, 15) is 4.79 Å². The number of aromatic nitrogens is 1. The molecule has 7 heteroatoms. The minimum absolute atomic E-state index is 0.0558. The largest absolute Gasteiger partial charge is 0.464 e. The lowest BCUT2D eigenvalue weighted by atomic mass is 10.0. The monoisotopic (exact) mass is 349 g/mol. The molecule has 1 aliphatic rings. The minimum Gasteiger partial charge on any atom is -0.464 e. The van der Waals surface area contributed by atoms with Crippen LogP contribution in [0.3, 0.4) is 0 Å². The summed E-state index contributed by atoms with van der Waals surface area (Å²) in [6.45, 7) is 3.00. The second kappa shape index (κ2) is 7.81. The molecule has 0 saturated carbocycles. The number of piperidine rings is 1. The van der Waals surface area contributed by atoms with Gasteiger partial charge in [0.1, 0.15) is 22.6 Å². The first kappa shape index (κ1) is 17.0. The molecule has 0 spiro atoms. The Labute approximate surface area is 145 Å². The summed E-state index contributed by atoms with van der Waals surface area (Å²) < 4.78 is 10.9. The summed E-state index contributed by atoms with van der Waals surface area (Å²) in [6, 6.07) is 3.44. The Balaban J connectivity index is 1.73. The van der Waals surface area contributed by atoms with Gasteiger partial charge in [-0.1, -0.05) is 0 Å². The first-order valence-corrected chi connectivity index (χ1v) is 9.09. The number of amides is 2. The molecular formula is C17H23N3O3S. The zero-order valence-corrected chi connectivity index (χ0v) is 14.8. The van der Waals surface area contributed by atoms with Crippen molar-refractivity contribution in [1.82, 2.24) is 15.2 Å². The average Bonchev–Trinajstić information content (AvgIpc) is 3.26. The Bertz CT molecular complexity index is 656. The van der Waals surface area contributed by atoms with Crippen LogP contribution >= 0.6 is 11.3 Å².